The van der Waals surface area contributed by atoms with Gasteiger partial charge < -0.3 is 14.5 Å². The molecule has 2 aliphatic heterocycles. The number of amides is 1. The first-order chi connectivity index (χ1) is 11.7. The van der Waals surface area contributed by atoms with Crippen molar-refractivity contribution in [1.82, 2.24) is 15.1 Å². The van der Waals surface area contributed by atoms with Crippen molar-refractivity contribution in [2.24, 2.45) is 0 Å². The van der Waals surface area contributed by atoms with Crippen LogP contribution in [0.25, 0.3) is 0 Å². The number of nitrogens with zero attached hydrogens (tertiary/aromatic N) is 4. The maximum atomic E-state index is 12.8. The zero-order chi connectivity index (χ0) is 16.9. The van der Waals surface area contributed by atoms with Crippen LogP contribution >= 0.6 is 0 Å². The molecule has 2 fully saturated rings. The SMILES string of the molecule is CCOC(=O)[C@@H]1CCCCN1C(=O)c1ccc(N2CCCC2)nn1. The molecule has 0 aliphatic carbocycles. The van der Waals surface area contributed by atoms with E-state index in [1.54, 1.807) is 17.9 Å². The van der Waals surface area contributed by atoms with E-state index in [0.29, 0.717) is 19.6 Å². The van der Waals surface area contributed by atoms with Crippen molar-refractivity contribution < 1.29 is 14.3 Å². The number of aromatic nitrogens is 2. The third-order valence-corrected chi connectivity index (χ3v) is 4.62. The lowest BCUT2D eigenvalue weighted by atomic mass is 10.0. The summed E-state index contributed by atoms with van der Waals surface area (Å²) in [5.74, 6) is 0.241. The van der Waals surface area contributed by atoms with Gasteiger partial charge in [0.25, 0.3) is 5.91 Å². The Kier molecular flexibility index (Phi) is 5.27. The molecule has 1 aromatic heterocycles. The molecule has 3 rings (SSSR count). The molecule has 2 aliphatic rings. The molecule has 0 saturated carbocycles. The van der Waals surface area contributed by atoms with E-state index in [4.69, 9.17) is 4.74 Å². The molecule has 0 aromatic carbocycles. The second-order valence-corrected chi connectivity index (χ2v) is 6.23. The Hall–Kier alpha value is -2.18. The number of hydrogen-bond donors (Lipinski definition) is 0. The van der Waals surface area contributed by atoms with Crippen LogP contribution in [0.3, 0.4) is 0 Å². The maximum absolute atomic E-state index is 12.8. The number of likely N-dealkylation sites (tertiary alicyclic amines) is 1. The van der Waals surface area contributed by atoms with Crippen molar-refractivity contribution in [3.63, 3.8) is 0 Å². The molecule has 7 nitrogen and oxygen atoms in total. The van der Waals surface area contributed by atoms with Crippen LogP contribution in [0.4, 0.5) is 5.82 Å². The van der Waals surface area contributed by atoms with Gasteiger partial charge in [-0.15, -0.1) is 10.2 Å². The summed E-state index contributed by atoms with van der Waals surface area (Å²) in [6.07, 6.45) is 4.78. The van der Waals surface area contributed by atoms with Crippen molar-refractivity contribution in [2.75, 3.05) is 31.1 Å². The molecule has 0 spiro atoms. The molecule has 3 heterocycles. The molecule has 24 heavy (non-hydrogen) atoms. The molecule has 7 heteroatoms. The number of ether oxygens (including phenoxy) is 1. The van der Waals surface area contributed by atoms with Gasteiger partial charge in [-0.25, -0.2) is 4.79 Å². The van der Waals surface area contributed by atoms with E-state index in [9.17, 15) is 9.59 Å². The highest BCUT2D eigenvalue weighted by Gasteiger charge is 2.34. The first-order valence-electron chi connectivity index (χ1n) is 8.77. The lowest BCUT2D eigenvalue weighted by molar-refractivity contribution is -0.149. The fourth-order valence-corrected chi connectivity index (χ4v) is 3.36. The zero-order valence-corrected chi connectivity index (χ0v) is 14.1. The van der Waals surface area contributed by atoms with E-state index in [-0.39, 0.29) is 17.6 Å². The van der Waals surface area contributed by atoms with Gasteiger partial charge in [-0.1, -0.05) is 0 Å². The molecule has 0 bridgehead atoms. The number of rotatable bonds is 4. The van der Waals surface area contributed by atoms with Crippen molar-refractivity contribution in [2.45, 2.75) is 45.1 Å². The largest absolute Gasteiger partial charge is 0.464 e. The minimum absolute atomic E-state index is 0.242. The van der Waals surface area contributed by atoms with Gasteiger partial charge in [-0.3, -0.25) is 4.79 Å². The summed E-state index contributed by atoms with van der Waals surface area (Å²) in [6, 6.07) is 3.04. The smallest absolute Gasteiger partial charge is 0.328 e. The molecule has 0 radical (unpaired) electrons. The van der Waals surface area contributed by atoms with E-state index in [0.717, 1.165) is 44.6 Å². The fourth-order valence-electron chi connectivity index (χ4n) is 3.36. The van der Waals surface area contributed by atoms with Crippen molar-refractivity contribution in [3.8, 4) is 0 Å². The first kappa shape index (κ1) is 16.7. The summed E-state index contributed by atoms with van der Waals surface area (Å²) in [6.45, 7) is 4.62. The molecule has 1 amide bonds. The molecule has 2 saturated heterocycles. The molecule has 0 unspecified atom stereocenters. The Morgan fingerprint density at radius 3 is 2.54 bits per heavy atom. The second-order valence-electron chi connectivity index (χ2n) is 6.23. The highest BCUT2D eigenvalue weighted by molar-refractivity contribution is 5.95. The van der Waals surface area contributed by atoms with Gasteiger partial charge in [0.2, 0.25) is 0 Å². The number of hydrogen-bond acceptors (Lipinski definition) is 6. The van der Waals surface area contributed by atoms with Gasteiger partial charge in [0, 0.05) is 19.6 Å². The lowest BCUT2D eigenvalue weighted by Gasteiger charge is -2.33. The van der Waals surface area contributed by atoms with Gasteiger partial charge in [0.15, 0.2) is 11.5 Å². The molecule has 0 N–H and O–H groups in total. The average molecular weight is 332 g/mol. The van der Waals surface area contributed by atoms with Crippen molar-refractivity contribution >= 4 is 17.7 Å². The topological polar surface area (TPSA) is 75.6 Å². The molecular formula is C17H24N4O3. The Labute approximate surface area is 142 Å². The van der Waals surface area contributed by atoms with E-state index in [1.165, 1.54) is 0 Å². The lowest BCUT2D eigenvalue weighted by Crippen LogP contribution is -2.49. The van der Waals surface area contributed by atoms with Gasteiger partial charge in [-0.2, -0.15) is 0 Å². The third-order valence-electron chi connectivity index (χ3n) is 4.62. The predicted molar refractivity (Wildman–Crippen MR) is 88.8 cm³/mol. The summed E-state index contributed by atoms with van der Waals surface area (Å²) >= 11 is 0. The normalized spacial score (nSPS) is 21.0. The number of carbonyl (C=O) groups excluding carboxylic acids is 2. The van der Waals surface area contributed by atoms with Crippen molar-refractivity contribution in [1.29, 1.82) is 0 Å². The quantitative estimate of drug-likeness (QED) is 0.780. The van der Waals surface area contributed by atoms with Gasteiger partial charge in [-0.05, 0) is 51.2 Å². The van der Waals surface area contributed by atoms with Gasteiger partial charge >= 0.3 is 5.97 Å². The zero-order valence-electron chi connectivity index (χ0n) is 14.1. The van der Waals surface area contributed by atoms with Crippen molar-refractivity contribution in [3.05, 3.63) is 17.8 Å². The van der Waals surface area contributed by atoms with Gasteiger partial charge in [0.1, 0.15) is 6.04 Å². The van der Waals surface area contributed by atoms with Crippen LogP contribution in [0.5, 0.6) is 0 Å². The van der Waals surface area contributed by atoms with Crippen LogP contribution in [-0.4, -0.2) is 59.3 Å². The summed E-state index contributed by atoms with van der Waals surface area (Å²) < 4.78 is 5.11. The van der Waals surface area contributed by atoms with Crippen LogP contribution in [0, 0.1) is 0 Å². The summed E-state index contributed by atoms with van der Waals surface area (Å²) in [5, 5.41) is 8.30. The number of piperidine rings is 1. The molecule has 130 valence electrons. The van der Waals surface area contributed by atoms with E-state index in [2.05, 4.69) is 15.1 Å². The van der Waals surface area contributed by atoms with E-state index < -0.39 is 6.04 Å². The van der Waals surface area contributed by atoms with Crippen LogP contribution in [0.1, 0.15) is 49.5 Å². The first-order valence-corrected chi connectivity index (χ1v) is 8.77. The Balaban J connectivity index is 1.72. The number of carbonyl (C=O) groups is 2. The summed E-state index contributed by atoms with van der Waals surface area (Å²) in [7, 11) is 0. The van der Waals surface area contributed by atoms with Crippen LogP contribution in [-0.2, 0) is 9.53 Å². The third kappa shape index (κ3) is 3.49. The van der Waals surface area contributed by atoms with E-state index in [1.807, 2.05) is 6.07 Å². The Morgan fingerprint density at radius 2 is 1.88 bits per heavy atom. The van der Waals surface area contributed by atoms with Crippen LogP contribution in [0.2, 0.25) is 0 Å². The molecular weight excluding hydrogens is 308 g/mol. The van der Waals surface area contributed by atoms with Gasteiger partial charge in [0.05, 0.1) is 6.61 Å². The minimum Gasteiger partial charge on any atom is -0.464 e. The molecule has 1 atom stereocenters. The predicted octanol–water partition coefficient (Wildman–Crippen LogP) is 1.63. The summed E-state index contributed by atoms with van der Waals surface area (Å²) in [5.41, 5.74) is 0.286. The fraction of sp³-hybridized carbons (Fsp3) is 0.647. The van der Waals surface area contributed by atoms with Crippen LogP contribution < -0.4 is 4.90 Å². The monoisotopic (exact) mass is 332 g/mol. The Bertz CT molecular complexity index is 584. The standard InChI is InChI=1S/C17H24N4O3/c1-2-24-17(23)14-7-3-4-12-21(14)16(22)13-8-9-15(19-18-13)20-10-5-6-11-20/h8-9,14H,2-7,10-12H2,1H3/t14-/m0/s1. The Morgan fingerprint density at radius 1 is 1.12 bits per heavy atom. The average Bonchev–Trinajstić information content (AvgIpc) is 3.16. The minimum atomic E-state index is -0.508. The van der Waals surface area contributed by atoms with E-state index >= 15 is 0 Å². The highest BCUT2D eigenvalue weighted by atomic mass is 16.5. The molecule has 1 aromatic rings. The number of anilines is 1. The number of esters is 1. The van der Waals surface area contributed by atoms with Crippen LogP contribution in [0.15, 0.2) is 12.1 Å². The summed E-state index contributed by atoms with van der Waals surface area (Å²) in [4.78, 5) is 28.6. The second kappa shape index (κ2) is 7.59. The highest BCUT2D eigenvalue weighted by Crippen LogP contribution is 2.21. The maximum Gasteiger partial charge on any atom is 0.328 e.